The van der Waals surface area contributed by atoms with E-state index in [1.807, 2.05) is 30.5 Å². The van der Waals surface area contributed by atoms with Gasteiger partial charge in [0, 0.05) is 17.0 Å². The van der Waals surface area contributed by atoms with Crippen LogP contribution in [-0.4, -0.2) is 25.3 Å². The summed E-state index contributed by atoms with van der Waals surface area (Å²) in [6, 6.07) is 7.98. The third kappa shape index (κ3) is 4.03. The van der Waals surface area contributed by atoms with Crippen molar-refractivity contribution in [2.45, 2.75) is 24.2 Å². The van der Waals surface area contributed by atoms with Crippen LogP contribution in [-0.2, 0) is 4.79 Å². The standard InChI is InChI=1S/C14H20N2OS/c1-18-13-6-4-12(5-7-13)16-14(17)9-11-3-2-8-15-10-11/h4-7,11,15H,2-3,8-10H2,1H3,(H,16,17). The van der Waals surface area contributed by atoms with Crippen molar-refractivity contribution >= 4 is 23.4 Å². The highest BCUT2D eigenvalue weighted by atomic mass is 32.2. The highest BCUT2D eigenvalue weighted by molar-refractivity contribution is 7.98. The lowest BCUT2D eigenvalue weighted by molar-refractivity contribution is -0.117. The molecule has 1 atom stereocenters. The van der Waals surface area contributed by atoms with Gasteiger partial charge in [-0.25, -0.2) is 0 Å². The smallest absolute Gasteiger partial charge is 0.224 e. The lowest BCUT2D eigenvalue weighted by atomic mass is 9.96. The van der Waals surface area contributed by atoms with E-state index in [2.05, 4.69) is 10.6 Å². The summed E-state index contributed by atoms with van der Waals surface area (Å²) in [4.78, 5) is 13.1. The number of anilines is 1. The zero-order valence-electron chi connectivity index (χ0n) is 10.7. The molecule has 2 rings (SSSR count). The van der Waals surface area contributed by atoms with E-state index < -0.39 is 0 Å². The topological polar surface area (TPSA) is 41.1 Å². The van der Waals surface area contributed by atoms with Crippen LogP contribution < -0.4 is 10.6 Å². The molecule has 1 aromatic rings. The summed E-state index contributed by atoms with van der Waals surface area (Å²) in [7, 11) is 0. The molecule has 1 saturated heterocycles. The monoisotopic (exact) mass is 264 g/mol. The Kier molecular flexibility index (Phi) is 5.08. The SMILES string of the molecule is CSc1ccc(NC(=O)CC2CCCNC2)cc1. The highest BCUT2D eigenvalue weighted by Crippen LogP contribution is 2.19. The molecule has 0 spiro atoms. The average Bonchev–Trinajstić information content (AvgIpc) is 2.40. The first-order valence-corrected chi connectivity index (χ1v) is 7.65. The van der Waals surface area contributed by atoms with Crippen LogP contribution >= 0.6 is 11.8 Å². The van der Waals surface area contributed by atoms with Crippen molar-refractivity contribution < 1.29 is 4.79 Å². The normalized spacial score (nSPS) is 19.5. The number of thioether (sulfide) groups is 1. The quantitative estimate of drug-likeness (QED) is 0.822. The molecule has 1 aliphatic rings. The molecule has 1 heterocycles. The van der Waals surface area contributed by atoms with Crippen LogP contribution in [0.15, 0.2) is 29.2 Å². The Labute approximate surface area is 113 Å². The van der Waals surface area contributed by atoms with Gasteiger partial charge in [0.25, 0.3) is 0 Å². The molecule has 3 nitrogen and oxygen atoms in total. The van der Waals surface area contributed by atoms with Gasteiger partial charge in [0.05, 0.1) is 0 Å². The fourth-order valence-corrected chi connectivity index (χ4v) is 2.66. The van der Waals surface area contributed by atoms with Crippen molar-refractivity contribution in [3.63, 3.8) is 0 Å². The van der Waals surface area contributed by atoms with Gasteiger partial charge in [0.2, 0.25) is 5.91 Å². The Balaban J connectivity index is 1.82. The Morgan fingerprint density at radius 3 is 2.83 bits per heavy atom. The number of carbonyl (C=O) groups is 1. The molecule has 18 heavy (non-hydrogen) atoms. The molecule has 1 amide bonds. The van der Waals surface area contributed by atoms with E-state index in [0.29, 0.717) is 12.3 Å². The minimum Gasteiger partial charge on any atom is -0.326 e. The summed E-state index contributed by atoms with van der Waals surface area (Å²) in [5.74, 6) is 0.616. The largest absolute Gasteiger partial charge is 0.326 e. The van der Waals surface area contributed by atoms with Gasteiger partial charge in [-0.3, -0.25) is 4.79 Å². The molecule has 1 aliphatic heterocycles. The minimum atomic E-state index is 0.126. The molecule has 1 aromatic carbocycles. The van der Waals surface area contributed by atoms with Gasteiger partial charge in [0.15, 0.2) is 0 Å². The van der Waals surface area contributed by atoms with Crippen LogP contribution in [0.25, 0.3) is 0 Å². The van der Waals surface area contributed by atoms with Crippen molar-refractivity contribution in [3.8, 4) is 0 Å². The fraction of sp³-hybridized carbons (Fsp3) is 0.500. The third-order valence-corrected chi connectivity index (χ3v) is 3.99. The molecule has 1 unspecified atom stereocenters. The number of benzene rings is 1. The maximum atomic E-state index is 11.9. The van der Waals surface area contributed by atoms with Crippen LogP contribution in [0.1, 0.15) is 19.3 Å². The number of amides is 1. The van der Waals surface area contributed by atoms with E-state index in [4.69, 9.17) is 0 Å². The van der Waals surface area contributed by atoms with Gasteiger partial charge in [0.1, 0.15) is 0 Å². The van der Waals surface area contributed by atoms with E-state index in [1.54, 1.807) is 11.8 Å². The number of hydrogen-bond acceptors (Lipinski definition) is 3. The molecule has 0 bridgehead atoms. The highest BCUT2D eigenvalue weighted by Gasteiger charge is 2.16. The van der Waals surface area contributed by atoms with Crippen molar-refractivity contribution in [2.75, 3.05) is 24.7 Å². The van der Waals surface area contributed by atoms with Crippen molar-refractivity contribution in [1.82, 2.24) is 5.32 Å². The van der Waals surface area contributed by atoms with Gasteiger partial charge < -0.3 is 10.6 Å². The number of rotatable bonds is 4. The Morgan fingerprint density at radius 2 is 2.22 bits per heavy atom. The molecule has 0 aromatic heterocycles. The van der Waals surface area contributed by atoms with Crippen molar-refractivity contribution in [1.29, 1.82) is 0 Å². The molecule has 2 N–H and O–H groups in total. The van der Waals surface area contributed by atoms with Gasteiger partial charge >= 0.3 is 0 Å². The average molecular weight is 264 g/mol. The second-order valence-electron chi connectivity index (χ2n) is 4.69. The predicted molar refractivity (Wildman–Crippen MR) is 77.1 cm³/mol. The first-order chi connectivity index (χ1) is 8.78. The van der Waals surface area contributed by atoms with Crippen LogP contribution in [0.3, 0.4) is 0 Å². The maximum absolute atomic E-state index is 11.9. The summed E-state index contributed by atoms with van der Waals surface area (Å²) in [6.45, 7) is 2.06. The van der Waals surface area contributed by atoms with Crippen molar-refractivity contribution in [3.05, 3.63) is 24.3 Å². The van der Waals surface area contributed by atoms with E-state index in [-0.39, 0.29) is 5.91 Å². The van der Waals surface area contributed by atoms with Crippen LogP contribution in [0.4, 0.5) is 5.69 Å². The van der Waals surface area contributed by atoms with E-state index in [0.717, 1.165) is 25.2 Å². The molecular formula is C14H20N2OS. The summed E-state index contributed by atoms with van der Waals surface area (Å²) >= 11 is 1.70. The molecule has 0 aliphatic carbocycles. The van der Waals surface area contributed by atoms with Crippen LogP contribution in [0.5, 0.6) is 0 Å². The molecule has 1 fully saturated rings. The maximum Gasteiger partial charge on any atom is 0.224 e. The summed E-state index contributed by atoms with van der Waals surface area (Å²) in [5.41, 5.74) is 0.890. The first kappa shape index (κ1) is 13.4. The molecule has 98 valence electrons. The second-order valence-corrected chi connectivity index (χ2v) is 5.57. The lowest BCUT2D eigenvalue weighted by Gasteiger charge is -2.22. The first-order valence-electron chi connectivity index (χ1n) is 6.42. The number of carbonyl (C=O) groups excluding carboxylic acids is 1. The second kappa shape index (κ2) is 6.81. The fourth-order valence-electron chi connectivity index (χ4n) is 2.25. The van der Waals surface area contributed by atoms with E-state index in [1.165, 1.54) is 11.3 Å². The van der Waals surface area contributed by atoms with Crippen LogP contribution in [0.2, 0.25) is 0 Å². The predicted octanol–water partition coefficient (Wildman–Crippen LogP) is 2.74. The Hall–Kier alpha value is -1.00. The molecule has 0 saturated carbocycles. The molecular weight excluding hydrogens is 244 g/mol. The summed E-state index contributed by atoms with van der Waals surface area (Å²) in [5, 5.41) is 6.30. The molecule has 0 radical (unpaired) electrons. The summed E-state index contributed by atoms with van der Waals surface area (Å²) in [6.07, 6.45) is 5.01. The summed E-state index contributed by atoms with van der Waals surface area (Å²) < 4.78 is 0. The van der Waals surface area contributed by atoms with Gasteiger partial charge in [-0.2, -0.15) is 0 Å². The van der Waals surface area contributed by atoms with Gasteiger partial charge in [-0.15, -0.1) is 11.8 Å². The van der Waals surface area contributed by atoms with Gasteiger partial charge in [-0.1, -0.05) is 0 Å². The van der Waals surface area contributed by atoms with Crippen LogP contribution in [0, 0.1) is 5.92 Å². The lowest BCUT2D eigenvalue weighted by Crippen LogP contribution is -2.32. The van der Waals surface area contributed by atoms with E-state index >= 15 is 0 Å². The van der Waals surface area contributed by atoms with E-state index in [9.17, 15) is 4.79 Å². The van der Waals surface area contributed by atoms with Gasteiger partial charge in [-0.05, 0) is 62.4 Å². The minimum absolute atomic E-state index is 0.126. The zero-order valence-corrected chi connectivity index (χ0v) is 11.6. The van der Waals surface area contributed by atoms with Crippen molar-refractivity contribution in [2.24, 2.45) is 5.92 Å². The Morgan fingerprint density at radius 1 is 1.44 bits per heavy atom. The number of piperidine rings is 1. The number of hydrogen-bond donors (Lipinski definition) is 2. The number of nitrogens with one attached hydrogen (secondary N) is 2. The Bertz CT molecular complexity index is 385. The third-order valence-electron chi connectivity index (χ3n) is 3.25. The molecule has 4 heteroatoms. The zero-order chi connectivity index (χ0) is 12.8.